The molecule has 162 valence electrons. The van der Waals surface area contributed by atoms with Gasteiger partial charge in [0.1, 0.15) is 12.3 Å². The number of hydrogen-bond acceptors (Lipinski definition) is 5. The summed E-state index contributed by atoms with van der Waals surface area (Å²) >= 11 is 0. The van der Waals surface area contributed by atoms with Gasteiger partial charge >= 0.3 is 6.09 Å². The maximum absolute atomic E-state index is 11.9. The zero-order valence-electron chi connectivity index (χ0n) is 16.8. The van der Waals surface area contributed by atoms with E-state index in [1.54, 1.807) is 18.9 Å². The number of piperidine rings is 1. The number of nitrogens with one attached hydrogen (secondary N) is 2. The van der Waals surface area contributed by atoms with Gasteiger partial charge in [0.2, 0.25) is 5.91 Å². The third kappa shape index (κ3) is 8.75. The lowest BCUT2D eigenvalue weighted by molar-refractivity contribution is -0.119. The average Bonchev–Trinajstić information content (AvgIpc) is 2.71. The van der Waals surface area contributed by atoms with Gasteiger partial charge in [0.05, 0.1) is 13.7 Å². The summed E-state index contributed by atoms with van der Waals surface area (Å²) in [6.07, 6.45) is 1.22. The van der Waals surface area contributed by atoms with E-state index in [0.717, 1.165) is 24.2 Å². The highest BCUT2D eigenvalue weighted by Crippen LogP contribution is 2.12. The molecule has 1 saturated heterocycles. The van der Waals surface area contributed by atoms with Crippen LogP contribution in [0, 0.1) is 0 Å². The molecule has 10 heteroatoms. The van der Waals surface area contributed by atoms with E-state index in [1.165, 1.54) is 0 Å². The summed E-state index contributed by atoms with van der Waals surface area (Å²) in [5.74, 6) is 0.790. The maximum Gasteiger partial charge on any atom is 0.409 e. The molecule has 0 unspecified atom stereocenters. The first kappa shape index (κ1) is 24.8. The first-order valence-corrected chi connectivity index (χ1v) is 9.39. The van der Waals surface area contributed by atoms with Crippen molar-refractivity contribution in [3.8, 4) is 5.75 Å². The highest BCUT2D eigenvalue weighted by molar-refractivity contribution is 14.0. The van der Waals surface area contributed by atoms with Crippen LogP contribution in [0.15, 0.2) is 29.3 Å². The molecule has 0 atom stereocenters. The van der Waals surface area contributed by atoms with Gasteiger partial charge in [0.25, 0.3) is 0 Å². The quantitative estimate of drug-likeness (QED) is 0.285. The second kappa shape index (κ2) is 13.1. The number of hydrogen-bond donors (Lipinski definition) is 3. The Morgan fingerprint density at radius 2 is 1.90 bits per heavy atom. The van der Waals surface area contributed by atoms with Gasteiger partial charge in [-0.3, -0.25) is 4.79 Å². The fourth-order valence-electron chi connectivity index (χ4n) is 2.83. The fraction of sp³-hybridized carbons (Fsp3) is 0.526. The van der Waals surface area contributed by atoms with Crippen molar-refractivity contribution in [3.05, 3.63) is 29.8 Å². The minimum Gasteiger partial charge on any atom is -0.497 e. The molecule has 0 aliphatic carbocycles. The van der Waals surface area contributed by atoms with Crippen molar-refractivity contribution in [2.24, 2.45) is 10.7 Å². The van der Waals surface area contributed by atoms with Gasteiger partial charge in [0, 0.05) is 25.7 Å². The summed E-state index contributed by atoms with van der Waals surface area (Å²) < 4.78 is 10.1. The van der Waals surface area contributed by atoms with Gasteiger partial charge in [-0.1, -0.05) is 12.1 Å². The Hall–Kier alpha value is -2.24. The number of benzene rings is 1. The molecule has 1 aromatic carbocycles. The molecule has 2 amide bonds. The van der Waals surface area contributed by atoms with Crippen molar-refractivity contribution in [2.75, 3.05) is 33.4 Å². The lowest BCUT2D eigenvalue weighted by Crippen LogP contribution is -2.48. The Balaban J connectivity index is 0.00000420. The number of rotatable bonds is 7. The number of aliphatic imine (C=N–C) groups is 1. The predicted octanol–water partition coefficient (Wildman–Crippen LogP) is 1.45. The van der Waals surface area contributed by atoms with Crippen LogP contribution in [0.2, 0.25) is 0 Å². The molecule has 1 heterocycles. The van der Waals surface area contributed by atoms with Crippen molar-refractivity contribution in [2.45, 2.75) is 32.4 Å². The Labute approximate surface area is 188 Å². The van der Waals surface area contributed by atoms with E-state index in [1.807, 2.05) is 24.3 Å². The molecular formula is C19H30IN5O4. The molecule has 29 heavy (non-hydrogen) atoms. The van der Waals surface area contributed by atoms with E-state index >= 15 is 0 Å². The Bertz CT molecular complexity index is 676. The van der Waals surface area contributed by atoms with E-state index in [9.17, 15) is 9.59 Å². The Morgan fingerprint density at radius 3 is 2.48 bits per heavy atom. The van der Waals surface area contributed by atoms with Crippen LogP contribution in [0.5, 0.6) is 5.75 Å². The molecule has 0 saturated carbocycles. The average molecular weight is 519 g/mol. The van der Waals surface area contributed by atoms with Crippen LogP contribution < -0.4 is 21.1 Å². The minimum absolute atomic E-state index is 0. The highest BCUT2D eigenvalue weighted by Gasteiger charge is 2.23. The van der Waals surface area contributed by atoms with Crippen molar-refractivity contribution < 1.29 is 19.1 Å². The smallest absolute Gasteiger partial charge is 0.409 e. The SMILES string of the molecule is CCOC(=O)N1CCC(NC(N)=NCC(=O)NCc2ccc(OC)cc2)CC1.I. The van der Waals surface area contributed by atoms with E-state index in [0.29, 0.717) is 26.2 Å². The highest BCUT2D eigenvalue weighted by atomic mass is 127. The van der Waals surface area contributed by atoms with Crippen LogP contribution in [0.3, 0.4) is 0 Å². The molecule has 2 rings (SSSR count). The van der Waals surface area contributed by atoms with E-state index in [4.69, 9.17) is 15.2 Å². The van der Waals surface area contributed by atoms with E-state index in [2.05, 4.69) is 15.6 Å². The molecule has 0 spiro atoms. The van der Waals surface area contributed by atoms with Gasteiger partial charge in [-0.15, -0.1) is 24.0 Å². The summed E-state index contributed by atoms with van der Waals surface area (Å²) in [5, 5.41) is 5.90. The van der Waals surface area contributed by atoms with Gasteiger partial charge in [-0.2, -0.15) is 0 Å². The molecule has 0 aromatic heterocycles. The molecular weight excluding hydrogens is 489 g/mol. The van der Waals surface area contributed by atoms with E-state index < -0.39 is 0 Å². The second-order valence-corrected chi connectivity index (χ2v) is 6.43. The van der Waals surface area contributed by atoms with Crippen LogP contribution in [0.25, 0.3) is 0 Å². The van der Waals surface area contributed by atoms with Crippen LogP contribution >= 0.6 is 24.0 Å². The zero-order valence-corrected chi connectivity index (χ0v) is 19.2. The number of halogens is 1. The van der Waals surface area contributed by atoms with E-state index in [-0.39, 0.29) is 54.5 Å². The topological polar surface area (TPSA) is 118 Å². The summed E-state index contributed by atoms with van der Waals surface area (Å²) in [6.45, 7) is 3.74. The van der Waals surface area contributed by atoms with Gasteiger partial charge in [0.15, 0.2) is 5.96 Å². The number of likely N-dealkylation sites (tertiary alicyclic amines) is 1. The molecule has 1 aromatic rings. The van der Waals surface area contributed by atoms with Gasteiger partial charge in [-0.25, -0.2) is 9.79 Å². The van der Waals surface area contributed by atoms with Crippen LogP contribution in [0.1, 0.15) is 25.3 Å². The number of ether oxygens (including phenoxy) is 2. The molecule has 0 radical (unpaired) electrons. The first-order chi connectivity index (χ1) is 13.5. The molecule has 0 bridgehead atoms. The molecule has 9 nitrogen and oxygen atoms in total. The Morgan fingerprint density at radius 1 is 1.24 bits per heavy atom. The van der Waals surface area contributed by atoms with Gasteiger partial charge in [-0.05, 0) is 37.5 Å². The lowest BCUT2D eigenvalue weighted by atomic mass is 10.1. The van der Waals surface area contributed by atoms with Crippen LogP contribution in [0.4, 0.5) is 4.79 Å². The second-order valence-electron chi connectivity index (χ2n) is 6.43. The van der Waals surface area contributed by atoms with Crippen molar-refractivity contribution in [3.63, 3.8) is 0 Å². The van der Waals surface area contributed by atoms with Crippen molar-refractivity contribution >= 4 is 41.9 Å². The predicted molar refractivity (Wildman–Crippen MR) is 121 cm³/mol. The zero-order chi connectivity index (χ0) is 20.4. The number of nitrogens with zero attached hydrogens (tertiary/aromatic N) is 2. The largest absolute Gasteiger partial charge is 0.497 e. The molecule has 4 N–H and O–H groups in total. The summed E-state index contributed by atoms with van der Waals surface area (Å²) in [4.78, 5) is 29.4. The number of nitrogens with two attached hydrogens (primary N) is 1. The number of guanidine groups is 1. The number of carbonyl (C=O) groups excluding carboxylic acids is 2. The molecule has 1 aliphatic heterocycles. The van der Waals surface area contributed by atoms with Crippen LogP contribution in [-0.2, 0) is 16.1 Å². The number of amides is 2. The summed E-state index contributed by atoms with van der Waals surface area (Å²) in [6, 6.07) is 7.59. The molecule has 1 aliphatic rings. The summed E-state index contributed by atoms with van der Waals surface area (Å²) in [7, 11) is 1.61. The van der Waals surface area contributed by atoms with Crippen LogP contribution in [-0.4, -0.2) is 62.3 Å². The summed E-state index contributed by atoms with van der Waals surface area (Å²) in [5.41, 5.74) is 6.84. The number of carbonyl (C=O) groups is 2. The standard InChI is InChI=1S/C19H29N5O4.HI/c1-3-28-19(26)24-10-8-15(9-11-24)23-18(20)22-13-17(25)21-12-14-4-6-16(27-2)7-5-14;/h4-7,15H,3,8-13H2,1-2H3,(H,21,25)(H3,20,22,23);1H. The maximum atomic E-state index is 11.9. The fourth-order valence-corrected chi connectivity index (χ4v) is 2.83. The monoisotopic (exact) mass is 519 g/mol. The first-order valence-electron chi connectivity index (χ1n) is 9.39. The third-order valence-electron chi connectivity index (χ3n) is 4.41. The number of methoxy groups -OCH3 is 1. The third-order valence-corrected chi connectivity index (χ3v) is 4.41. The normalized spacial score (nSPS) is 14.6. The van der Waals surface area contributed by atoms with Crippen molar-refractivity contribution in [1.29, 1.82) is 0 Å². The molecule has 1 fully saturated rings. The van der Waals surface area contributed by atoms with Gasteiger partial charge < -0.3 is 30.7 Å². The van der Waals surface area contributed by atoms with Crippen molar-refractivity contribution in [1.82, 2.24) is 15.5 Å². The Kier molecular flexibility index (Phi) is 11.2. The minimum atomic E-state index is -0.281. The lowest BCUT2D eigenvalue weighted by Gasteiger charge is -2.31.